The summed E-state index contributed by atoms with van der Waals surface area (Å²) in [5.41, 5.74) is 0.913. The molecule has 8 nitrogen and oxygen atoms in total. The van der Waals surface area contributed by atoms with Crippen LogP contribution in [0.15, 0.2) is 36.5 Å². The summed E-state index contributed by atoms with van der Waals surface area (Å²) in [6.07, 6.45) is 0.231. The number of non-ortho nitro benzene ring substituents is 1. The molecule has 0 fully saturated rings. The van der Waals surface area contributed by atoms with Crippen LogP contribution in [0.25, 0.3) is 0 Å². The maximum atomic E-state index is 12.2. The lowest BCUT2D eigenvalue weighted by Gasteiger charge is -2.14. The number of nitro groups is 1. The fourth-order valence-corrected chi connectivity index (χ4v) is 2.08. The molecule has 2 rings (SSSR count). The summed E-state index contributed by atoms with van der Waals surface area (Å²) < 4.78 is 5.07. The van der Waals surface area contributed by atoms with Gasteiger partial charge in [-0.2, -0.15) is 0 Å². The van der Waals surface area contributed by atoms with E-state index in [9.17, 15) is 19.7 Å². The fraction of sp³-hybridized carbons (Fsp3) is 0.188. The summed E-state index contributed by atoms with van der Waals surface area (Å²) in [5.74, 6) is -1.35. The zero-order chi connectivity index (χ0) is 18.6. The summed E-state index contributed by atoms with van der Waals surface area (Å²) in [6, 6.07) is 6.82. The van der Waals surface area contributed by atoms with E-state index in [4.69, 9.17) is 16.3 Å². The molecule has 2 aromatic rings. The number of pyridine rings is 1. The Labute approximate surface area is 147 Å². The van der Waals surface area contributed by atoms with Crippen LogP contribution in [0.2, 0.25) is 5.15 Å². The first-order valence-corrected chi connectivity index (χ1v) is 7.54. The van der Waals surface area contributed by atoms with E-state index in [0.29, 0.717) is 5.56 Å². The molecular weight excluding hydrogens is 350 g/mol. The van der Waals surface area contributed by atoms with Crippen molar-refractivity contribution in [2.24, 2.45) is 0 Å². The molecule has 0 spiro atoms. The largest absolute Gasteiger partial charge is 0.449 e. The molecule has 1 amide bonds. The molecule has 9 heteroatoms. The van der Waals surface area contributed by atoms with Gasteiger partial charge in [0.1, 0.15) is 5.15 Å². The van der Waals surface area contributed by atoms with Gasteiger partial charge < -0.3 is 10.1 Å². The van der Waals surface area contributed by atoms with Crippen LogP contribution in [0.3, 0.4) is 0 Å². The lowest BCUT2D eigenvalue weighted by Crippen LogP contribution is -2.30. The lowest BCUT2D eigenvalue weighted by atomic mass is 10.1. The van der Waals surface area contributed by atoms with Crippen LogP contribution in [0, 0.1) is 17.0 Å². The number of nitrogens with one attached hydrogen (secondary N) is 1. The maximum Gasteiger partial charge on any atom is 0.339 e. The second-order valence-electron chi connectivity index (χ2n) is 5.16. The second kappa shape index (κ2) is 7.71. The van der Waals surface area contributed by atoms with Gasteiger partial charge in [0.05, 0.1) is 16.2 Å². The van der Waals surface area contributed by atoms with Crippen LogP contribution in [0.1, 0.15) is 22.8 Å². The number of aryl methyl sites for hydroxylation is 1. The van der Waals surface area contributed by atoms with E-state index in [1.807, 2.05) is 0 Å². The minimum atomic E-state index is -1.11. The van der Waals surface area contributed by atoms with Crippen molar-refractivity contribution in [2.75, 3.05) is 5.32 Å². The molecule has 0 aliphatic carbocycles. The average molecular weight is 364 g/mol. The van der Waals surface area contributed by atoms with Gasteiger partial charge in [-0.05, 0) is 31.5 Å². The van der Waals surface area contributed by atoms with Gasteiger partial charge in [0.2, 0.25) is 0 Å². The van der Waals surface area contributed by atoms with Gasteiger partial charge in [0.15, 0.2) is 6.10 Å². The van der Waals surface area contributed by atoms with Gasteiger partial charge in [-0.1, -0.05) is 17.7 Å². The Kier molecular flexibility index (Phi) is 5.66. The van der Waals surface area contributed by atoms with E-state index in [0.717, 1.165) is 0 Å². The van der Waals surface area contributed by atoms with Gasteiger partial charge in [0.25, 0.3) is 11.6 Å². The van der Waals surface area contributed by atoms with Gasteiger partial charge in [0, 0.05) is 18.3 Å². The van der Waals surface area contributed by atoms with Crippen LogP contribution >= 0.6 is 11.6 Å². The molecule has 0 bridgehead atoms. The molecule has 0 radical (unpaired) electrons. The Morgan fingerprint density at radius 1 is 1.32 bits per heavy atom. The Morgan fingerprint density at radius 2 is 2.04 bits per heavy atom. The third kappa shape index (κ3) is 4.74. The zero-order valence-corrected chi connectivity index (χ0v) is 14.1. The molecule has 130 valence electrons. The van der Waals surface area contributed by atoms with Crippen LogP contribution in [0.4, 0.5) is 11.4 Å². The van der Waals surface area contributed by atoms with Gasteiger partial charge in [-0.15, -0.1) is 0 Å². The molecule has 0 saturated heterocycles. The molecule has 0 aliphatic rings. The number of hydrogen-bond acceptors (Lipinski definition) is 6. The first kappa shape index (κ1) is 18.3. The molecule has 1 atom stereocenters. The normalized spacial score (nSPS) is 11.5. The SMILES string of the molecule is Cc1ccc([N+](=O)[O-])cc1NC(=O)C(C)OC(=O)c1ccnc(Cl)c1. The van der Waals surface area contributed by atoms with Crippen molar-refractivity contribution in [1.29, 1.82) is 0 Å². The summed E-state index contributed by atoms with van der Waals surface area (Å²) >= 11 is 5.70. The topological polar surface area (TPSA) is 111 Å². The van der Waals surface area contributed by atoms with Crippen molar-refractivity contribution in [3.63, 3.8) is 0 Å². The first-order chi connectivity index (χ1) is 11.8. The van der Waals surface area contributed by atoms with E-state index in [1.165, 1.54) is 43.5 Å². The number of ether oxygens (including phenoxy) is 1. The quantitative estimate of drug-likeness (QED) is 0.378. The number of aromatic nitrogens is 1. The molecule has 0 aliphatic heterocycles. The summed E-state index contributed by atoms with van der Waals surface area (Å²) in [7, 11) is 0. The van der Waals surface area contributed by atoms with E-state index < -0.39 is 22.9 Å². The van der Waals surface area contributed by atoms with E-state index in [1.54, 1.807) is 6.92 Å². The van der Waals surface area contributed by atoms with Crippen molar-refractivity contribution < 1.29 is 19.2 Å². The average Bonchev–Trinajstić information content (AvgIpc) is 2.56. The van der Waals surface area contributed by atoms with Crippen molar-refractivity contribution in [3.8, 4) is 0 Å². The predicted molar refractivity (Wildman–Crippen MR) is 90.6 cm³/mol. The number of hydrogen-bond donors (Lipinski definition) is 1. The third-order valence-corrected chi connectivity index (χ3v) is 3.51. The lowest BCUT2D eigenvalue weighted by molar-refractivity contribution is -0.384. The van der Waals surface area contributed by atoms with Crippen LogP contribution < -0.4 is 5.32 Å². The Morgan fingerprint density at radius 3 is 2.68 bits per heavy atom. The Bertz CT molecular complexity index is 840. The van der Waals surface area contributed by atoms with Crippen LogP contribution in [0.5, 0.6) is 0 Å². The summed E-state index contributed by atoms with van der Waals surface area (Å²) in [4.78, 5) is 38.2. The van der Waals surface area contributed by atoms with Gasteiger partial charge in [-0.3, -0.25) is 14.9 Å². The van der Waals surface area contributed by atoms with Crippen LogP contribution in [-0.4, -0.2) is 27.9 Å². The Hall–Kier alpha value is -3.00. The van der Waals surface area contributed by atoms with Crippen molar-refractivity contribution >= 4 is 34.9 Å². The zero-order valence-electron chi connectivity index (χ0n) is 13.4. The second-order valence-corrected chi connectivity index (χ2v) is 5.55. The summed E-state index contributed by atoms with van der Waals surface area (Å²) in [5, 5.41) is 13.5. The van der Waals surface area contributed by atoms with Gasteiger partial charge >= 0.3 is 5.97 Å². The third-order valence-electron chi connectivity index (χ3n) is 3.31. The molecular formula is C16H14ClN3O5. The molecule has 1 heterocycles. The highest BCUT2D eigenvalue weighted by Crippen LogP contribution is 2.22. The smallest absolute Gasteiger partial charge is 0.339 e. The molecule has 1 aromatic carbocycles. The first-order valence-electron chi connectivity index (χ1n) is 7.16. The minimum absolute atomic E-state index is 0.124. The number of carbonyl (C=O) groups is 2. The predicted octanol–water partition coefficient (Wildman–Crippen LogP) is 3.14. The monoisotopic (exact) mass is 363 g/mol. The molecule has 1 aromatic heterocycles. The van der Waals surface area contributed by atoms with E-state index in [2.05, 4.69) is 10.3 Å². The number of esters is 1. The van der Waals surface area contributed by atoms with Crippen LogP contribution in [-0.2, 0) is 9.53 Å². The number of anilines is 1. The van der Waals surface area contributed by atoms with Gasteiger partial charge in [-0.25, -0.2) is 9.78 Å². The van der Waals surface area contributed by atoms with E-state index in [-0.39, 0.29) is 22.1 Å². The maximum absolute atomic E-state index is 12.2. The standard InChI is InChI=1S/C16H14ClN3O5/c1-9-3-4-12(20(23)24)8-13(9)19-15(21)10(2)25-16(22)11-5-6-18-14(17)7-11/h3-8,10H,1-2H3,(H,19,21). The number of nitro benzene ring substituents is 1. The summed E-state index contributed by atoms with van der Waals surface area (Å²) in [6.45, 7) is 3.08. The minimum Gasteiger partial charge on any atom is -0.449 e. The number of rotatable bonds is 5. The number of carbonyl (C=O) groups excluding carboxylic acids is 2. The van der Waals surface area contributed by atoms with Crippen molar-refractivity contribution in [2.45, 2.75) is 20.0 Å². The molecule has 1 N–H and O–H groups in total. The molecule has 25 heavy (non-hydrogen) atoms. The van der Waals surface area contributed by atoms with Crippen molar-refractivity contribution in [3.05, 3.63) is 62.9 Å². The number of nitrogens with zero attached hydrogens (tertiary/aromatic N) is 2. The van der Waals surface area contributed by atoms with E-state index >= 15 is 0 Å². The number of amides is 1. The molecule has 0 saturated carbocycles. The Balaban J connectivity index is 2.07. The highest BCUT2D eigenvalue weighted by atomic mass is 35.5. The van der Waals surface area contributed by atoms with Crippen molar-refractivity contribution in [1.82, 2.24) is 4.98 Å². The molecule has 1 unspecified atom stereocenters. The number of halogens is 1. The highest BCUT2D eigenvalue weighted by molar-refractivity contribution is 6.29. The number of benzene rings is 1. The highest BCUT2D eigenvalue weighted by Gasteiger charge is 2.20. The fourth-order valence-electron chi connectivity index (χ4n) is 1.90.